The van der Waals surface area contributed by atoms with Gasteiger partial charge in [0.1, 0.15) is 0 Å². The van der Waals surface area contributed by atoms with E-state index in [9.17, 15) is 0 Å². The fraction of sp³-hybridized carbons (Fsp3) is 0.625. The molecule has 0 aromatic carbocycles. The van der Waals surface area contributed by atoms with Crippen LogP contribution >= 0.6 is 0 Å². The molecular formula is C8H18N2O5. The van der Waals surface area contributed by atoms with E-state index in [1.165, 1.54) is 0 Å². The normalized spacial score (nSPS) is 10.6. The third-order valence-corrected chi connectivity index (χ3v) is 0.918. The number of urea groups is 1. The van der Waals surface area contributed by atoms with E-state index in [1.54, 1.807) is 13.8 Å². The van der Waals surface area contributed by atoms with Crippen LogP contribution < -0.4 is 11.5 Å². The number of hydrogen-bond donors (Lipinski definition) is 3. The summed E-state index contributed by atoms with van der Waals surface area (Å²) < 4.78 is 4.93. The molecule has 15 heavy (non-hydrogen) atoms. The summed E-state index contributed by atoms with van der Waals surface area (Å²) in [5, 5.41) is 8.99. The molecule has 0 aliphatic heterocycles. The van der Waals surface area contributed by atoms with Crippen LogP contribution in [0.2, 0.25) is 0 Å². The number of carbonyl (C=O) groups is 1. The van der Waals surface area contributed by atoms with E-state index in [0.717, 1.165) is 0 Å². The number of amides is 2. The van der Waals surface area contributed by atoms with Crippen LogP contribution in [0.5, 0.6) is 0 Å². The van der Waals surface area contributed by atoms with E-state index < -0.39 is 6.03 Å². The van der Waals surface area contributed by atoms with Crippen LogP contribution in [0.3, 0.4) is 0 Å². The molecule has 0 aliphatic carbocycles. The van der Waals surface area contributed by atoms with E-state index in [0.29, 0.717) is 19.0 Å². The van der Waals surface area contributed by atoms with Crippen molar-refractivity contribution >= 4 is 6.03 Å². The van der Waals surface area contributed by atoms with E-state index in [-0.39, 0.29) is 5.95 Å². The van der Waals surface area contributed by atoms with Crippen molar-refractivity contribution in [3.63, 3.8) is 0 Å². The van der Waals surface area contributed by atoms with Gasteiger partial charge < -0.3 is 21.3 Å². The Balaban J connectivity index is 0. The minimum atomic E-state index is -0.833. The van der Waals surface area contributed by atoms with Crippen molar-refractivity contribution in [2.24, 2.45) is 11.5 Å². The number of aliphatic hydroxyl groups is 1. The summed E-state index contributed by atoms with van der Waals surface area (Å²) in [4.78, 5) is 17.9. The Bertz CT molecular complexity index is 201. The van der Waals surface area contributed by atoms with Gasteiger partial charge in [-0.3, -0.25) is 4.89 Å². The first-order chi connectivity index (χ1) is 6.95. The Morgan fingerprint density at radius 2 is 1.73 bits per heavy atom. The van der Waals surface area contributed by atoms with E-state index in [1.807, 2.05) is 6.92 Å². The predicted octanol–water partition coefficient (Wildman–Crippen LogP) is 0.762. The molecule has 2 amide bonds. The molecule has 0 aliphatic rings. The molecule has 5 N–H and O–H groups in total. The van der Waals surface area contributed by atoms with Crippen LogP contribution in [0.4, 0.5) is 4.79 Å². The van der Waals surface area contributed by atoms with E-state index in [4.69, 9.17) is 14.6 Å². The van der Waals surface area contributed by atoms with E-state index >= 15 is 0 Å². The SMILES string of the molecule is CCOOC(O)=C(C)OCC.NC(N)=O. The van der Waals surface area contributed by atoms with Gasteiger partial charge in [-0.05, 0) is 13.8 Å². The second-order valence-corrected chi connectivity index (χ2v) is 2.19. The molecule has 0 saturated carbocycles. The Hall–Kier alpha value is -1.63. The Morgan fingerprint density at radius 3 is 2.07 bits per heavy atom. The molecule has 0 aromatic rings. The first kappa shape index (κ1) is 15.8. The highest BCUT2D eigenvalue weighted by Crippen LogP contribution is 2.03. The number of primary amides is 2. The minimum Gasteiger partial charge on any atom is -0.491 e. The van der Waals surface area contributed by atoms with Crippen LogP contribution in [0.15, 0.2) is 11.7 Å². The number of rotatable bonds is 5. The van der Waals surface area contributed by atoms with E-state index in [2.05, 4.69) is 21.2 Å². The zero-order valence-corrected chi connectivity index (χ0v) is 9.15. The maximum absolute atomic E-state index is 9.00. The summed E-state index contributed by atoms with van der Waals surface area (Å²) in [7, 11) is 0. The number of nitrogens with two attached hydrogens (primary N) is 2. The highest BCUT2D eigenvalue weighted by atomic mass is 17.2. The zero-order chi connectivity index (χ0) is 12.3. The lowest BCUT2D eigenvalue weighted by Crippen LogP contribution is -2.18. The van der Waals surface area contributed by atoms with Gasteiger partial charge in [0.05, 0.1) is 13.2 Å². The molecule has 0 aromatic heterocycles. The molecule has 90 valence electrons. The van der Waals surface area contributed by atoms with Crippen molar-refractivity contribution in [1.29, 1.82) is 0 Å². The summed E-state index contributed by atoms with van der Waals surface area (Å²) >= 11 is 0. The molecule has 7 nitrogen and oxygen atoms in total. The molecular weight excluding hydrogens is 204 g/mol. The maximum atomic E-state index is 9.00. The molecule has 0 fully saturated rings. The average molecular weight is 222 g/mol. The second kappa shape index (κ2) is 10.5. The third kappa shape index (κ3) is 15.2. The van der Waals surface area contributed by atoms with Gasteiger partial charge in [-0.15, -0.1) is 0 Å². The maximum Gasteiger partial charge on any atom is 0.352 e. The monoisotopic (exact) mass is 222 g/mol. The second-order valence-electron chi connectivity index (χ2n) is 2.19. The number of aliphatic hydroxyl groups excluding tert-OH is 1. The van der Waals surface area contributed by atoms with Crippen LogP contribution in [0.1, 0.15) is 20.8 Å². The summed E-state index contributed by atoms with van der Waals surface area (Å²) in [6, 6.07) is -0.833. The molecule has 0 rings (SSSR count). The van der Waals surface area contributed by atoms with Gasteiger partial charge in [0.25, 0.3) is 0 Å². The first-order valence-corrected chi connectivity index (χ1v) is 4.32. The molecule has 0 heterocycles. The first-order valence-electron chi connectivity index (χ1n) is 4.32. The van der Waals surface area contributed by atoms with Crippen molar-refractivity contribution in [1.82, 2.24) is 0 Å². The van der Waals surface area contributed by atoms with Gasteiger partial charge >= 0.3 is 12.0 Å². The van der Waals surface area contributed by atoms with Crippen LogP contribution in [-0.4, -0.2) is 24.4 Å². The number of ether oxygens (including phenoxy) is 1. The van der Waals surface area contributed by atoms with Crippen molar-refractivity contribution < 1.29 is 24.4 Å². The third-order valence-electron chi connectivity index (χ3n) is 0.918. The Labute approximate surface area is 88.5 Å². The summed E-state index contributed by atoms with van der Waals surface area (Å²) in [5.41, 5.74) is 8.50. The molecule has 0 unspecified atom stereocenters. The van der Waals surface area contributed by atoms with Crippen molar-refractivity contribution in [2.75, 3.05) is 13.2 Å². The topological polar surface area (TPSA) is 117 Å². The van der Waals surface area contributed by atoms with Crippen LogP contribution in [0.25, 0.3) is 0 Å². The number of hydrogen-bond acceptors (Lipinski definition) is 5. The van der Waals surface area contributed by atoms with Gasteiger partial charge in [-0.2, -0.15) is 4.89 Å². The lowest BCUT2D eigenvalue weighted by atomic mass is 10.6. The quantitative estimate of drug-likeness (QED) is 0.360. The number of carbonyl (C=O) groups excluding carboxylic acids is 1. The fourth-order valence-corrected chi connectivity index (χ4v) is 0.452. The largest absolute Gasteiger partial charge is 0.491 e. The highest BCUT2D eigenvalue weighted by Gasteiger charge is 2.01. The van der Waals surface area contributed by atoms with Gasteiger partial charge in [-0.1, -0.05) is 0 Å². The zero-order valence-electron chi connectivity index (χ0n) is 9.15. The lowest BCUT2D eigenvalue weighted by Gasteiger charge is -2.05. The fourth-order valence-electron chi connectivity index (χ4n) is 0.452. The van der Waals surface area contributed by atoms with Gasteiger partial charge in [0.15, 0.2) is 5.76 Å². The lowest BCUT2D eigenvalue weighted by molar-refractivity contribution is -0.286. The molecule has 0 saturated heterocycles. The molecule has 0 spiro atoms. The van der Waals surface area contributed by atoms with Crippen LogP contribution in [0, 0.1) is 0 Å². The minimum absolute atomic E-state index is 0.320. The van der Waals surface area contributed by atoms with Gasteiger partial charge in [0.2, 0.25) is 0 Å². The van der Waals surface area contributed by atoms with Crippen molar-refractivity contribution in [3.8, 4) is 0 Å². The summed E-state index contributed by atoms with van der Waals surface area (Å²) in [6.45, 7) is 6.04. The Morgan fingerprint density at radius 1 is 1.27 bits per heavy atom. The van der Waals surface area contributed by atoms with Gasteiger partial charge in [-0.25, -0.2) is 4.79 Å². The molecule has 0 radical (unpaired) electrons. The highest BCUT2D eigenvalue weighted by molar-refractivity contribution is 5.69. The summed E-state index contributed by atoms with van der Waals surface area (Å²) in [5.74, 6) is -0.00495. The molecule has 7 heteroatoms. The van der Waals surface area contributed by atoms with Crippen LogP contribution in [-0.2, 0) is 14.5 Å². The Kier molecular flexibility index (Phi) is 11.0. The van der Waals surface area contributed by atoms with Crippen molar-refractivity contribution in [3.05, 3.63) is 11.7 Å². The summed E-state index contributed by atoms with van der Waals surface area (Å²) in [6.07, 6.45) is 0. The standard InChI is InChI=1S/C7H14O4.CH4N2O/c1-4-9-6(3)7(8)11-10-5-2;2-1(3)4/h8H,4-5H2,1-3H3;(H4,2,3,4). The smallest absolute Gasteiger partial charge is 0.352 e. The average Bonchev–Trinajstić information content (AvgIpc) is 2.13. The number of allylic oxidation sites excluding steroid dienone is 1. The predicted molar refractivity (Wildman–Crippen MR) is 53.4 cm³/mol. The van der Waals surface area contributed by atoms with Crippen molar-refractivity contribution in [2.45, 2.75) is 20.8 Å². The molecule has 0 bridgehead atoms. The molecule has 0 atom stereocenters. The van der Waals surface area contributed by atoms with Gasteiger partial charge in [0, 0.05) is 6.92 Å².